The van der Waals surface area contributed by atoms with Gasteiger partial charge in [-0.15, -0.1) is 5.10 Å². The van der Waals surface area contributed by atoms with Crippen LogP contribution in [0.2, 0.25) is 0 Å². The van der Waals surface area contributed by atoms with E-state index in [1.54, 1.807) is 18.2 Å². The molecule has 0 atom stereocenters. The number of anilines is 1. The zero-order chi connectivity index (χ0) is 19.3. The van der Waals surface area contributed by atoms with E-state index in [2.05, 4.69) is 20.3 Å². The highest BCUT2D eigenvalue weighted by Crippen LogP contribution is 2.38. The second kappa shape index (κ2) is 5.69. The van der Waals surface area contributed by atoms with E-state index in [0.29, 0.717) is 4.52 Å². The maximum absolute atomic E-state index is 13.6. The molecule has 0 radical (unpaired) electrons. The largest absolute Gasteiger partial charge is 0.433 e. The molecule has 3 heterocycles. The van der Waals surface area contributed by atoms with E-state index in [1.807, 2.05) is 0 Å². The Morgan fingerprint density at radius 3 is 2.44 bits per heavy atom. The smallest absolute Gasteiger partial charge is 0.403 e. The fourth-order valence-corrected chi connectivity index (χ4v) is 2.84. The molecule has 4 rings (SSSR count). The van der Waals surface area contributed by atoms with Gasteiger partial charge in [0.25, 0.3) is 11.4 Å². The Morgan fingerprint density at radius 2 is 1.85 bits per heavy atom. The number of rotatable bonds is 2. The number of benzene rings is 1. The monoisotopic (exact) mass is 376 g/mol. The van der Waals surface area contributed by atoms with Gasteiger partial charge in [0.05, 0.1) is 11.3 Å². The first kappa shape index (κ1) is 16.8. The molecule has 3 N–H and O–H groups in total. The second-order valence-electron chi connectivity index (χ2n) is 5.71. The van der Waals surface area contributed by atoms with Crippen LogP contribution in [0.4, 0.5) is 19.2 Å². The molecule has 0 aliphatic heterocycles. The van der Waals surface area contributed by atoms with E-state index in [4.69, 9.17) is 10.2 Å². The highest BCUT2D eigenvalue weighted by Gasteiger charge is 2.38. The van der Waals surface area contributed by atoms with Crippen LogP contribution in [-0.4, -0.2) is 24.8 Å². The van der Waals surface area contributed by atoms with Crippen molar-refractivity contribution in [3.63, 3.8) is 0 Å². The molecule has 0 amide bonds. The van der Waals surface area contributed by atoms with Gasteiger partial charge in [-0.05, 0) is 12.5 Å². The number of nitrogen functional groups attached to an aromatic ring is 1. The predicted molar refractivity (Wildman–Crippen MR) is 88.7 cm³/mol. The van der Waals surface area contributed by atoms with Gasteiger partial charge in [-0.2, -0.15) is 17.7 Å². The van der Waals surface area contributed by atoms with Crippen molar-refractivity contribution in [1.29, 1.82) is 0 Å². The number of H-pyrrole nitrogens is 1. The van der Waals surface area contributed by atoms with E-state index >= 15 is 0 Å². The van der Waals surface area contributed by atoms with Crippen LogP contribution < -0.4 is 11.3 Å². The summed E-state index contributed by atoms with van der Waals surface area (Å²) < 4.78 is 46.5. The van der Waals surface area contributed by atoms with Crippen molar-refractivity contribution >= 4 is 11.7 Å². The van der Waals surface area contributed by atoms with E-state index < -0.39 is 17.4 Å². The number of nitrogens with zero attached hydrogens (tertiary/aromatic N) is 4. The molecule has 0 saturated heterocycles. The molecule has 0 unspecified atom stereocenters. The van der Waals surface area contributed by atoms with Crippen LogP contribution in [0.15, 0.2) is 39.5 Å². The van der Waals surface area contributed by atoms with Crippen LogP contribution in [0.5, 0.6) is 0 Å². The van der Waals surface area contributed by atoms with Gasteiger partial charge in [0.15, 0.2) is 5.65 Å². The molecule has 0 aliphatic carbocycles. The number of aromatic amines is 1. The third kappa shape index (κ3) is 2.63. The molecule has 0 saturated carbocycles. The minimum absolute atomic E-state index is 0.133. The number of nitrogens with one attached hydrogen (secondary N) is 1. The summed E-state index contributed by atoms with van der Waals surface area (Å²) in [6.07, 6.45) is -4.73. The summed E-state index contributed by atoms with van der Waals surface area (Å²) in [6.45, 7) is 1.46. The molecule has 4 aromatic rings. The van der Waals surface area contributed by atoms with Gasteiger partial charge < -0.3 is 10.2 Å². The van der Waals surface area contributed by atoms with Gasteiger partial charge in [0.1, 0.15) is 11.3 Å². The minimum atomic E-state index is -4.73. The Labute approximate surface area is 148 Å². The third-order valence-corrected chi connectivity index (χ3v) is 3.96. The normalized spacial score (nSPS) is 12.0. The molecule has 0 aliphatic rings. The van der Waals surface area contributed by atoms with E-state index in [0.717, 1.165) is 0 Å². The summed E-state index contributed by atoms with van der Waals surface area (Å²) >= 11 is 0. The predicted octanol–water partition coefficient (Wildman–Crippen LogP) is 2.65. The molecule has 0 spiro atoms. The fraction of sp³-hybridized carbons (Fsp3) is 0.125. The van der Waals surface area contributed by atoms with Crippen LogP contribution in [0.3, 0.4) is 0 Å². The summed E-state index contributed by atoms with van der Waals surface area (Å²) in [7, 11) is 0. The van der Waals surface area contributed by atoms with Crippen molar-refractivity contribution in [2.75, 3.05) is 5.73 Å². The average Bonchev–Trinajstić information content (AvgIpc) is 3.19. The van der Waals surface area contributed by atoms with Gasteiger partial charge in [-0.1, -0.05) is 35.4 Å². The van der Waals surface area contributed by atoms with Gasteiger partial charge in [0, 0.05) is 0 Å². The maximum atomic E-state index is 13.6. The first-order chi connectivity index (χ1) is 12.8. The lowest BCUT2D eigenvalue weighted by Gasteiger charge is -2.07. The lowest BCUT2D eigenvalue weighted by Crippen LogP contribution is -2.20. The summed E-state index contributed by atoms with van der Waals surface area (Å²) in [5.74, 6) is -0.221. The van der Waals surface area contributed by atoms with Gasteiger partial charge in [-0.25, -0.2) is 4.98 Å². The van der Waals surface area contributed by atoms with Gasteiger partial charge in [0.2, 0.25) is 0 Å². The Bertz CT molecular complexity index is 1210. The second-order valence-corrected chi connectivity index (χ2v) is 5.71. The Balaban J connectivity index is 2.10. The standard InChI is InChI=1S/C16H11F3N6O2/c1-7-9(13-22-23-15(20)27-13)14(26)25-12(21-7)10(8-5-3-2-4-6-8)11(24-25)16(17,18)19/h2-6,24H,1H3,(H2,20,23). The molecule has 3 aromatic heterocycles. The lowest BCUT2D eigenvalue weighted by molar-refractivity contribution is -0.140. The van der Waals surface area contributed by atoms with Crippen molar-refractivity contribution < 1.29 is 17.6 Å². The van der Waals surface area contributed by atoms with Crippen LogP contribution in [-0.2, 0) is 6.18 Å². The zero-order valence-electron chi connectivity index (χ0n) is 13.7. The highest BCUT2D eigenvalue weighted by atomic mass is 19.4. The topological polar surface area (TPSA) is 115 Å². The number of aromatic nitrogens is 5. The minimum Gasteiger partial charge on any atom is -0.403 e. The van der Waals surface area contributed by atoms with E-state index in [-0.39, 0.29) is 39.9 Å². The Kier molecular flexibility index (Phi) is 3.54. The van der Waals surface area contributed by atoms with E-state index in [1.165, 1.54) is 19.1 Å². The van der Waals surface area contributed by atoms with Crippen molar-refractivity contribution in [2.45, 2.75) is 13.1 Å². The number of halogens is 3. The summed E-state index contributed by atoms with van der Waals surface area (Å²) in [4.78, 5) is 17.0. The van der Waals surface area contributed by atoms with E-state index in [9.17, 15) is 18.0 Å². The molecule has 27 heavy (non-hydrogen) atoms. The summed E-state index contributed by atoms with van der Waals surface area (Å²) in [5.41, 5.74) is 3.36. The van der Waals surface area contributed by atoms with Crippen LogP contribution >= 0.6 is 0 Å². The Hall–Kier alpha value is -3.63. The lowest BCUT2D eigenvalue weighted by atomic mass is 10.1. The first-order valence-electron chi connectivity index (χ1n) is 7.64. The summed E-state index contributed by atoms with van der Waals surface area (Å²) in [6, 6.07) is 7.61. The fourth-order valence-electron chi connectivity index (χ4n) is 2.84. The molecule has 138 valence electrons. The van der Waals surface area contributed by atoms with Crippen LogP contribution in [0, 0.1) is 6.92 Å². The maximum Gasteiger partial charge on any atom is 0.433 e. The van der Waals surface area contributed by atoms with Crippen LogP contribution in [0.25, 0.3) is 28.2 Å². The molecular formula is C16H11F3N6O2. The van der Waals surface area contributed by atoms with Gasteiger partial charge in [-0.3, -0.25) is 9.89 Å². The Morgan fingerprint density at radius 1 is 1.15 bits per heavy atom. The molecule has 11 heteroatoms. The number of fused-ring (bicyclic) bond motifs is 1. The molecule has 0 fully saturated rings. The number of aryl methyl sites for hydroxylation is 1. The van der Waals surface area contributed by atoms with Crippen molar-refractivity contribution in [2.24, 2.45) is 0 Å². The SMILES string of the molecule is Cc1nc2c(-c3ccccc3)c(C(F)(F)F)[nH]n2c(=O)c1-c1nnc(N)o1. The highest BCUT2D eigenvalue weighted by molar-refractivity contribution is 5.81. The first-order valence-corrected chi connectivity index (χ1v) is 7.64. The van der Waals surface area contributed by atoms with Gasteiger partial charge >= 0.3 is 12.2 Å². The number of alkyl halides is 3. The van der Waals surface area contributed by atoms with Crippen LogP contribution in [0.1, 0.15) is 11.4 Å². The number of nitrogens with two attached hydrogens (primary N) is 1. The molecular weight excluding hydrogens is 365 g/mol. The summed E-state index contributed by atoms with van der Waals surface area (Å²) in [5, 5.41) is 9.19. The molecule has 1 aromatic carbocycles. The number of hydrogen-bond donors (Lipinski definition) is 2. The quantitative estimate of drug-likeness (QED) is 0.556. The number of hydrogen-bond acceptors (Lipinski definition) is 6. The van der Waals surface area contributed by atoms with Crippen molar-refractivity contribution in [3.8, 4) is 22.6 Å². The zero-order valence-corrected chi connectivity index (χ0v) is 13.7. The van der Waals surface area contributed by atoms with Crippen molar-refractivity contribution in [3.05, 3.63) is 52.1 Å². The molecule has 0 bridgehead atoms. The van der Waals surface area contributed by atoms with Crippen molar-refractivity contribution in [1.82, 2.24) is 24.8 Å². The average molecular weight is 376 g/mol. The third-order valence-electron chi connectivity index (χ3n) is 3.96. The molecule has 8 nitrogen and oxygen atoms in total.